The van der Waals surface area contributed by atoms with Crippen molar-refractivity contribution in [2.75, 3.05) is 13.2 Å². The number of aliphatic hydroxyl groups is 5. The number of ketones is 1. The standard InChI is InChI=1S/C44H66O16/c1-39(2)25-8-11-44(7)34(23(45)16-21-22-17-41(4,38(55)56)13-12-40(22,3)14-15-43(21,44)6)42(25,5)10-9-26(39)59-37-20(27(46)30(49)33(60-37)36(53)54)18-57-19-24-28(47)29(48)31(50)32(58-24)35(51)52/h16,20,22,24-34,37,46-50H,8-15,17-19H2,1-7H3,(H,51,52)(H,53,54)(H,55,56)/t20-,22+,24+,25+,26-,27-,28+,29-,30+,31+,32+,33+,34-,37+,40+,41-,42-,43+,44+/m0/s1. The molecule has 2 aliphatic heterocycles. The van der Waals surface area contributed by atoms with Gasteiger partial charge in [0.05, 0.1) is 36.8 Å². The third kappa shape index (κ3) is 6.81. The molecule has 0 unspecified atom stereocenters. The van der Waals surface area contributed by atoms with Crippen LogP contribution in [0.4, 0.5) is 0 Å². The van der Waals surface area contributed by atoms with Crippen LogP contribution in [0.15, 0.2) is 11.6 Å². The molecule has 7 rings (SSSR count). The number of ether oxygens (including phenoxy) is 4. The molecule has 338 valence electrons. The lowest BCUT2D eigenvalue weighted by atomic mass is 9.33. The number of rotatable bonds is 9. The molecule has 16 nitrogen and oxygen atoms in total. The summed E-state index contributed by atoms with van der Waals surface area (Å²) in [5.74, 6) is -5.27. The van der Waals surface area contributed by atoms with Crippen molar-refractivity contribution in [1.29, 1.82) is 0 Å². The summed E-state index contributed by atoms with van der Waals surface area (Å²) in [6.45, 7) is 14.2. The molecule has 2 saturated heterocycles. The number of allylic oxidation sites excluding steroid dienone is 2. The molecule has 0 aromatic rings. The Morgan fingerprint density at radius 2 is 1.35 bits per heavy atom. The Kier molecular flexibility index (Phi) is 11.6. The average molecular weight is 851 g/mol. The Morgan fingerprint density at radius 1 is 0.733 bits per heavy atom. The zero-order chi connectivity index (χ0) is 44.3. The molecule has 0 aromatic carbocycles. The molecule has 4 saturated carbocycles. The van der Waals surface area contributed by atoms with Crippen LogP contribution in [-0.2, 0) is 38.1 Å². The lowest BCUT2D eigenvalue weighted by Crippen LogP contribution is -2.67. The van der Waals surface area contributed by atoms with Crippen molar-refractivity contribution < 1.29 is 79.0 Å². The van der Waals surface area contributed by atoms with Crippen LogP contribution in [0.2, 0.25) is 0 Å². The average Bonchev–Trinajstić information content (AvgIpc) is 3.16. The first kappa shape index (κ1) is 45.5. The van der Waals surface area contributed by atoms with Gasteiger partial charge < -0.3 is 59.8 Å². The zero-order valence-electron chi connectivity index (χ0n) is 35.8. The van der Waals surface area contributed by atoms with Crippen LogP contribution in [0, 0.1) is 56.2 Å². The number of carboxylic acids is 3. The Labute approximate surface area is 350 Å². The van der Waals surface area contributed by atoms with Crippen molar-refractivity contribution in [2.24, 2.45) is 56.2 Å². The molecule has 0 radical (unpaired) electrons. The van der Waals surface area contributed by atoms with E-state index in [9.17, 15) is 60.0 Å². The monoisotopic (exact) mass is 850 g/mol. The van der Waals surface area contributed by atoms with Crippen molar-refractivity contribution in [2.45, 2.75) is 167 Å². The van der Waals surface area contributed by atoms with E-state index < -0.39 is 115 Å². The van der Waals surface area contributed by atoms with Gasteiger partial charge in [0.25, 0.3) is 0 Å². The van der Waals surface area contributed by atoms with Gasteiger partial charge in [0.2, 0.25) is 0 Å². The van der Waals surface area contributed by atoms with Gasteiger partial charge in [-0.15, -0.1) is 0 Å². The zero-order valence-corrected chi connectivity index (χ0v) is 35.8. The lowest BCUT2D eigenvalue weighted by Gasteiger charge is -2.70. The van der Waals surface area contributed by atoms with E-state index >= 15 is 0 Å². The highest BCUT2D eigenvalue weighted by Crippen LogP contribution is 2.75. The second kappa shape index (κ2) is 15.3. The van der Waals surface area contributed by atoms with E-state index in [0.717, 1.165) is 37.7 Å². The van der Waals surface area contributed by atoms with Crippen molar-refractivity contribution in [1.82, 2.24) is 0 Å². The number of aliphatic carboxylic acids is 3. The summed E-state index contributed by atoms with van der Waals surface area (Å²) < 4.78 is 23.6. The second-order valence-corrected chi connectivity index (χ2v) is 21.4. The topological polar surface area (TPSA) is 267 Å². The molecule has 0 aromatic heterocycles. The first-order valence-electron chi connectivity index (χ1n) is 21.7. The van der Waals surface area contributed by atoms with Crippen LogP contribution in [0.1, 0.15) is 106 Å². The molecule has 8 N–H and O–H groups in total. The number of carbonyl (C=O) groups is 4. The molecule has 0 amide bonds. The summed E-state index contributed by atoms with van der Waals surface area (Å²) in [4.78, 5) is 51.2. The van der Waals surface area contributed by atoms with Crippen molar-refractivity contribution in [3.8, 4) is 0 Å². The molecule has 16 heteroatoms. The lowest BCUT2D eigenvalue weighted by molar-refractivity contribution is -0.318. The molecule has 7 aliphatic rings. The first-order valence-corrected chi connectivity index (χ1v) is 21.7. The molecule has 0 bridgehead atoms. The maximum Gasteiger partial charge on any atom is 0.335 e. The summed E-state index contributed by atoms with van der Waals surface area (Å²) in [6, 6.07) is 0. The summed E-state index contributed by atoms with van der Waals surface area (Å²) in [5, 5.41) is 82.5. The van der Waals surface area contributed by atoms with E-state index in [-0.39, 0.29) is 39.8 Å². The van der Waals surface area contributed by atoms with Gasteiger partial charge in [-0.3, -0.25) is 9.59 Å². The summed E-state index contributed by atoms with van der Waals surface area (Å²) in [5.41, 5.74) is -1.56. The third-order valence-corrected chi connectivity index (χ3v) is 17.8. The predicted octanol–water partition coefficient (Wildman–Crippen LogP) is 2.54. The van der Waals surface area contributed by atoms with Crippen LogP contribution >= 0.6 is 0 Å². The molecule has 2 heterocycles. The van der Waals surface area contributed by atoms with Gasteiger partial charge in [0.15, 0.2) is 24.3 Å². The van der Waals surface area contributed by atoms with Gasteiger partial charge in [0.1, 0.15) is 30.5 Å². The van der Waals surface area contributed by atoms with Gasteiger partial charge in [-0.2, -0.15) is 0 Å². The molecular formula is C44H66O16. The van der Waals surface area contributed by atoms with E-state index in [1.807, 2.05) is 13.0 Å². The number of carboxylic acid groups (broad SMARTS) is 3. The van der Waals surface area contributed by atoms with E-state index in [1.54, 1.807) is 0 Å². The number of hydrogen-bond donors (Lipinski definition) is 8. The summed E-state index contributed by atoms with van der Waals surface area (Å²) in [7, 11) is 0. The summed E-state index contributed by atoms with van der Waals surface area (Å²) >= 11 is 0. The van der Waals surface area contributed by atoms with Crippen molar-refractivity contribution in [3.63, 3.8) is 0 Å². The fourth-order valence-corrected chi connectivity index (χ4v) is 13.8. The van der Waals surface area contributed by atoms with Crippen LogP contribution in [0.3, 0.4) is 0 Å². The Balaban J connectivity index is 1.12. The molecule has 19 atom stereocenters. The smallest absolute Gasteiger partial charge is 0.335 e. The number of hydrogen-bond acceptors (Lipinski definition) is 13. The largest absolute Gasteiger partial charge is 0.481 e. The number of carbonyl (C=O) groups excluding carboxylic acids is 1. The Morgan fingerprint density at radius 3 is 1.98 bits per heavy atom. The van der Waals surface area contributed by atoms with Crippen LogP contribution in [-0.4, -0.2) is 139 Å². The minimum atomic E-state index is -1.90. The minimum Gasteiger partial charge on any atom is -0.481 e. The van der Waals surface area contributed by atoms with E-state index in [0.29, 0.717) is 25.7 Å². The fourth-order valence-electron chi connectivity index (χ4n) is 13.8. The van der Waals surface area contributed by atoms with E-state index in [2.05, 4.69) is 41.5 Å². The van der Waals surface area contributed by atoms with Gasteiger partial charge in [-0.05, 0) is 110 Å². The maximum atomic E-state index is 14.9. The van der Waals surface area contributed by atoms with Crippen LogP contribution in [0.5, 0.6) is 0 Å². The van der Waals surface area contributed by atoms with E-state index in [4.69, 9.17) is 18.9 Å². The van der Waals surface area contributed by atoms with Gasteiger partial charge in [0, 0.05) is 5.92 Å². The Bertz CT molecular complexity index is 1770. The number of fused-ring (bicyclic) bond motifs is 7. The normalized spacial score (nSPS) is 51.2. The molecule has 5 aliphatic carbocycles. The molecule has 60 heavy (non-hydrogen) atoms. The van der Waals surface area contributed by atoms with Gasteiger partial charge in [-0.25, -0.2) is 9.59 Å². The minimum absolute atomic E-state index is 0.00346. The SMILES string of the molecule is CC1(C)[C@@H](O[C@@H]2O[C@@H](C(=O)O)[C@H](O)[C@@H](O)[C@@H]2COC[C@H]2O[C@@H](C(=O)O)[C@H](O)[C@@H](O)[C@@H]2O)CC[C@@]2(C)[C@@H]1CC[C@]1(C)[C@H]2C(=O)C=C2[C@H]3C[C@@](C)(C(=O)O)CC[C@]3(C)CC[C@]21C. The highest BCUT2D eigenvalue weighted by Gasteiger charge is 2.71. The fraction of sp³-hybridized carbons (Fsp3) is 0.864. The maximum absolute atomic E-state index is 14.9. The summed E-state index contributed by atoms with van der Waals surface area (Å²) in [6.07, 6.45) is -7.70. The Hall–Kier alpha value is -2.54. The number of aliphatic hydroxyl groups excluding tert-OH is 5. The van der Waals surface area contributed by atoms with Gasteiger partial charge >= 0.3 is 17.9 Å². The van der Waals surface area contributed by atoms with Crippen molar-refractivity contribution >= 4 is 23.7 Å². The quantitative estimate of drug-likeness (QED) is 0.155. The molecular weight excluding hydrogens is 784 g/mol. The predicted molar refractivity (Wildman–Crippen MR) is 209 cm³/mol. The molecule has 0 spiro atoms. The first-order chi connectivity index (χ1) is 27.8. The van der Waals surface area contributed by atoms with E-state index in [1.165, 1.54) is 0 Å². The second-order valence-electron chi connectivity index (χ2n) is 21.4. The molecule has 6 fully saturated rings. The van der Waals surface area contributed by atoms with Crippen LogP contribution in [0.25, 0.3) is 0 Å². The van der Waals surface area contributed by atoms with Crippen molar-refractivity contribution in [3.05, 3.63) is 11.6 Å². The third-order valence-electron chi connectivity index (χ3n) is 17.8. The van der Waals surface area contributed by atoms with Gasteiger partial charge in [-0.1, -0.05) is 47.1 Å². The van der Waals surface area contributed by atoms with Crippen LogP contribution < -0.4 is 0 Å². The highest BCUT2D eigenvalue weighted by atomic mass is 16.7. The highest BCUT2D eigenvalue weighted by molar-refractivity contribution is 5.95.